The highest BCUT2D eigenvalue weighted by Crippen LogP contribution is 2.29. The minimum Gasteiger partial charge on any atom is -0.481 e. The van der Waals surface area contributed by atoms with Crippen molar-refractivity contribution in [2.75, 3.05) is 6.54 Å². The number of carbonyl (C=O) groups is 2. The topological polar surface area (TPSA) is 106 Å². The number of amides is 1. The van der Waals surface area contributed by atoms with Crippen LogP contribution in [0.5, 0.6) is 5.75 Å². The lowest BCUT2D eigenvalue weighted by molar-refractivity contribution is -0.137. The Morgan fingerprint density at radius 3 is 2.52 bits per heavy atom. The van der Waals surface area contributed by atoms with E-state index in [9.17, 15) is 14.4 Å². The molecule has 134 valence electrons. The smallest absolute Gasteiger partial charge is 0.339 e. The molecule has 1 heterocycles. The second-order valence-electron chi connectivity index (χ2n) is 5.90. The molecule has 0 bridgehead atoms. The zero-order valence-electron chi connectivity index (χ0n) is 14.6. The quantitative estimate of drug-likeness (QED) is 0.775. The van der Waals surface area contributed by atoms with Gasteiger partial charge in [-0.3, -0.25) is 9.59 Å². The third-order valence-electron chi connectivity index (χ3n) is 4.13. The summed E-state index contributed by atoms with van der Waals surface area (Å²) in [6, 6.07) is 3.52. The van der Waals surface area contributed by atoms with Gasteiger partial charge in [-0.05, 0) is 45.4 Å². The van der Waals surface area contributed by atoms with Crippen LogP contribution in [0.1, 0.15) is 30.0 Å². The molecule has 7 heteroatoms. The van der Waals surface area contributed by atoms with E-state index in [0.717, 1.165) is 10.9 Å². The van der Waals surface area contributed by atoms with Gasteiger partial charge in [0.1, 0.15) is 11.3 Å². The first-order valence-corrected chi connectivity index (χ1v) is 7.92. The standard InChI is InChI=1S/C18H21NO6/c1-9-10(2)18(23)25-16-11(3)14(6-5-13(9)16)24-12(4)17(22)19-8-7-15(20)21/h5-6,12H,7-8H2,1-4H3,(H,19,22)(H,20,21). The molecule has 0 aliphatic carbocycles. The number of hydrogen-bond acceptors (Lipinski definition) is 5. The van der Waals surface area contributed by atoms with Crippen molar-refractivity contribution in [1.29, 1.82) is 0 Å². The molecule has 0 aliphatic rings. The molecule has 0 spiro atoms. The fourth-order valence-corrected chi connectivity index (χ4v) is 2.43. The molecule has 1 unspecified atom stereocenters. The van der Waals surface area contributed by atoms with Gasteiger partial charge >= 0.3 is 11.6 Å². The normalized spacial score (nSPS) is 12.0. The van der Waals surface area contributed by atoms with E-state index in [-0.39, 0.29) is 13.0 Å². The third kappa shape index (κ3) is 3.99. The van der Waals surface area contributed by atoms with E-state index in [4.69, 9.17) is 14.3 Å². The highest BCUT2D eigenvalue weighted by molar-refractivity contribution is 5.86. The van der Waals surface area contributed by atoms with Crippen molar-refractivity contribution in [3.8, 4) is 5.75 Å². The average molecular weight is 347 g/mol. The van der Waals surface area contributed by atoms with Gasteiger partial charge in [-0.1, -0.05) is 0 Å². The SMILES string of the molecule is Cc1c(C)c2ccc(OC(C)C(=O)NCCC(=O)O)c(C)c2oc1=O. The van der Waals surface area contributed by atoms with Gasteiger partial charge in [0.15, 0.2) is 6.10 Å². The second kappa shape index (κ2) is 7.38. The number of fused-ring (bicyclic) bond motifs is 1. The molecule has 2 aromatic rings. The number of carboxylic acid groups (broad SMARTS) is 1. The summed E-state index contributed by atoms with van der Waals surface area (Å²) in [5, 5.41) is 11.9. The molecule has 1 aromatic heterocycles. The van der Waals surface area contributed by atoms with Crippen LogP contribution in [-0.2, 0) is 9.59 Å². The third-order valence-corrected chi connectivity index (χ3v) is 4.13. The number of rotatable bonds is 6. The lowest BCUT2D eigenvalue weighted by atomic mass is 10.0. The summed E-state index contributed by atoms with van der Waals surface area (Å²) in [7, 11) is 0. The van der Waals surface area contributed by atoms with E-state index in [0.29, 0.717) is 22.5 Å². The lowest BCUT2D eigenvalue weighted by Crippen LogP contribution is -2.37. The Balaban J connectivity index is 2.23. The fourth-order valence-electron chi connectivity index (χ4n) is 2.43. The molecule has 0 fully saturated rings. The van der Waals surface area contributed by atoms with E-state index >= 15 is 0 Å². The summed E-state index contributed by atoms with van der Waals surface area (Å²) < 4.78 is 11.0. The summed E-state index contributed by atoms with van der Waals surface area (Å²) in [5.41, 5.74) is 2.07. The van der Waals surface area contributed by atoms with E-state index in [1.54, 1.807) is 32.9 Å². The first-order chi connectivity index (χ1) is 11.7. The van der Waals surface area contributed by atoms with Gasteiger partial charge in [0.25, 0.3) is 5.91 Å². The number of aryl methyl sites for hydroxylation is 2. The average Bonchev–Trinajstić information content (AvgIpc) is 2.55. The van der Waals surface area contributed by atoms with Crippen LogP contribution in [0.2, 0.25) is 0 Å². The van der Waals surface area contributed by atoms with Gasteiger partial charge < -0.3 is 19.6 Å². The van der Waals surface area contributed by atoms with Crippen molar-refractivity contribution >= 4 is 22.8 Å². The highest BCUT2D eigenvalue weighted by Gasteiger charge is 2.18. The minimum atomic E-state index is -0.986. The van der Waals surface area contributed by atoms with Crippen molar-refractivity contribution < 1.29 is 23.8 Å². The number of carboxylic acids is 1. The predicted molar refractivity (Wildman–Crippen MR) is 92.0 cm³/mol. The summed E-state index contributed by atoms with van der Waals surface area (Å²) in [6.07, 6.45) is -0.972. The van der Waals surface area contributed by atoms with Crippen molar-refractivity contribution in [3.05, 3.63) is 39.2 Å². The van der Waals surface area contributed by atoms with Gasteiger partial charge in [-0.25, -0.2) is 4.79 Å². The Labute approximate surface area is 144 Å². The molecular formula is C18H21NO6. The predicted octanol–water partition coefficient (Wildman–Crippen LogP) is 2.08. The van der Waals surface area contributed by atoms with Gasteiger partial charge in [0.2, 0.25) is 0 Å². The number of ether oxygens (including phenoxy) is 1. The molecule has 0 saturated carbocycles. The Bertz CT molecular complexity index is 883. The molecule has 0 saturated heterocycles. The van der Waals surface area contributed by atoms with Crippen molar-refractivity contribution in [2.45, 2.75) is 40.2 Å². The summed E-state index contributed by atoms with van der Waals surface area (Å²) in [5.74, 6) is -0.970. The van der Waals surface area contributed by atoms with E-state index in [2.05, 4.69) is 5.32 Å². The molecule has 25 heavy (non-hydrogen) atoms. The first-order valence-electron chi connectivity index (χ1n) is 7.92. The monoisotopic (exact) mass is 347 g/mol. The molecule has 0 radical (unpaired) electrons. The van der Waals surface area contributed by atoms with E-state index in [1.807, 2.05) is 6.92 Å². The molecule has 1 atom stereocenters. The number of aliphatic carboxylic acids is 1. The number of hydrogen-bond donors (Lipinski definition) is 2. The Kier molecular flexibility index (Phi) is 5.46. The van der Waals surface area contributed by atoms with Gasteiger partial charge in [0, 0.05) is 23.1 Å². The molecule has 2 rings (SSSR count). The van der Waals surface area contributed by atoms with E-state index in [1.165, 1.54) is 0 Å². The highest BCUT2D eigenvalue weighted by atomic mass is 16.5. The molecule has 1 aromatic carbocycles. The van der Waals surface area contributed by atoms with Crippen LogP contribution in [0.25, 0.3) is 11.0 Å². The molecule has 1 amide bonds. The van der Waals surface area contributed by atoms with Crippen molar-refractivity contribution in [3.63, 3.8) is 0 Å². The maximum absolute atomic E-state index is 12.0. The molecule has 2 N–H and O–H groups in total. The van der Waals surface area contributed by atoms with Crippen molar-refractivity contribution in [1.82, 2.24) is 5.32 Å². The zero-order valence-corrected chi connectivity index (χ0v) is 14.6. The molecule has 0 aliphatic heterocycles. The number of nitrogens with one attached hydrogen (secondary N) is 1. The summed E-state index contributed by atoms with van der Waals surface area (Å²) >= 11 is 0. The zero-order chi connectivity index (χ0) is 18.7. The van der Waals surface area contributed by atoms with Crippen LogP contribution in [0.4, 0.5) is 0 Å². The van der Waals surface area contributed by atoms with Gasteiger partial charge in [0.05, 0.1) is 6.42 Å². The van der Waals surface area contributed by atoms with Crippen LogP contribution in [0, 0.1) is 20.8 Å². The summed E-state index contributed by atoms with van der Waals surface area (Å²) in [6.45, 7) is 6.92. The van der Waals surface area contributed by atoms with E-state index < -0.39 is 23.6 Å². The van der Waals surface area contributed by atoms with Crippen LogP contribution in [0.15, 0.2) is 21.3 Å². The second-order valence-corrected chi connectivity index (χ2v) is 5.90. The van der Waals surface area contributed by atoms with Gasteiger partial charge in [-0.15, -0.1) is 0 Å². The Hall–Kier alpha value is -2.83. The maximum atomic E-state index is 12.0. The number of benzene rings is 1. The number of carbonyl (C=O) groups excluding carboxylic acids is 1. The van der Waals surface area contributed by atoms with Crippen LogP contribution >= 0.6 is 0 Å². The minimum absolute atomic E-state index is 0.0336. The van der Waals surface area contributed by atoms with Gasteiger partial charge in [-0.2, -0.15) is 0 Å². The maximum Gasteiger partial charge on any atom is 0.339 e. The molecule has 7 nitrogen and oxygen atoms in total. The lowest BCUT2D eigenvalue weighted by Gasteiger charge is -2.17. The Morgan fingerprint density at radius 2 is 1.88 bits per heavy atom. The Morgan fingerprint density at radius 1 is 1.20 bits per heavy atom. The van der Waals surface area contributed by atoms with Crippen molar-refractivity contribution in [2.24, 2.45) is 0 Å². The largest absolute Gasteiger partial charge is 0.481 e. The van der Waals surface area contributed by atoms with Crippen LogP contribution < -0.4 is 15.7 Å². The fraction of sp³-hybridized carbons (Fsp3) is 0.389. The first kappa shape index (κ1) is 18.5. The molecular weight excluding hydrogens is 326 g/mol. The van der Waals surface area contributed by atoms with Crippen LogP contribution in [-0.4, -0.2) is 29.6 Å². The summed E-state index contributed by atoms with van der Waals surface area (Å²) in [4.78, 5) is 34.3. The van der Waals surface area contributed by atoms with Crippen LogP contribution in [0.3, 0.4) is 0 Å².